The standard InChI is InChI=1S/C11H17N5S/c1-4-15-7-13-14-10(15)6-16-9(8(2)3)5-12-11(16)17/h5,7-8H,4,6H2,1-3H3,(H,12,17). The van der Waals surface area contributed by atoms with Crippen molar-refractivity contribution in [1.29, 1.82) is 0 Å². The van der Waals surface area contributed by atoms with Gasteiger partial charge < -0.3 is 14.1 Å². The lowest BCUT2D eigenvalue weighted by atomic mass is 10.1. The molecule has 2 aromatic heterocycles. The van der Waals surface area contributed by atoms with E-state index in [9.17, 15) is 0 Å². The Balaban J connectivity index is 2.36. The molecule has 6 heteroatoms. The van der Waals surface area contributed by atoms with Gasteiger partial charge in [0.25, 0.3) is 0 Å². The van der Waals surface area contributed by atoms with Gasteiger partial charge in [0.1, 0.15) is 6.33 Å². The number of nitrogens with zero attached hydrogens (tertiary/aromatic N) is 4. The molecule has 0 aromatic carbocycles. The Bertz CT molecular complexity index is 548. The molecule has 2 aromatic rings. The molecule has 1 N–H and O–H groups in total. The number of H-pyrrole nitrogens is 1. The Kier molecular flexibility index (Phi) is 3.42. The second-order valence-corrected chi connectivity index (χ2v) is 4.68. The van der Waals surface area contributed by atoms with E-state index in [1.165, 1.54) is 5.69 Å². The predicted octanol–water partition coefficient (Wildman–Crippen LogP) is 2.33. The molecule has 17 heavy (non-hydrogen) atoms. The van der Waals surface area contributed by atoms with E-state index in [2.05, 4.69) is 40.5 Å². The van der Waals surface area contributed by atoms with E-state index in [0.717, 1.165) is 17.1 Å². The molecule has 0 unspecified atom stereocenters. The normalized spacial score (nSPS) is 11.3. The number of hydrogen-bond donors (Lipinski definition) is 1. The summed E-state index contributed by atoms with van der Waals surface area (Å²) >= 11 is 5.29. The first-order valence-electron chi connectivity index (χ1n) is 5.78. The molecule has 0 radical (unpaired) electrons. The summed E-state index contributed by atoms with van der Waals surface area (Å²) in [4.78, 5) is 3.09. The van der Waals surface area contributed by atoms with E-state index in [1.807, 2.05) is 10.8 Å². The summed E-state index contributed by atoms with van der Waals surface area (Å²) in [5.41, 5.74) is 1.20. The molecule has 0 atom stereocenters. The van der Waals surface area contributed by atoms with Crippen molar-refractivity contribution in [2.24, 2.45) is 0 Å². The number of rotatable bonds is 4. The molecule has 0 bridgehead atoms. The summed E-state index contributed by atoms with van der Waals surface area (Å²) in [6.45, 7) is 7.92. The average Bonchev–Trinajstić information content (AvgIpc) is 2.87. The van der Waals surface area contributed by atoms with E-state index >= 15 is 0 Å². The predicted molar refractivity (Wildman–Crippen MR) is 68.5 cm³/mol. The molecule has 0 fully saturated rings. The smallest absolute Gasteiger partial charge is 0.177 e. The van der Waals surface area contributed by atoms with Crippen molar-refractivity contribution in [3.05, 3.63) is 28.8 Å². The maximum atomic E-state index is 5.29. The van der Waals surface area contributed by atoms with Crippen molar-refractivity contribution >= 4 is 12.2 Å². The fourth-order valence-corrected chi connectivity index (χ4v) is 2.09. The molecule has 5 nitrogen and oxygen atoms in total. The van der Waals surface area contributed by atoms with Crippen LogP contribution in [-0.2, 0) is 13.1 Å². The lowest BCUT2D eigenvalue weighted by molar-refractivity contribution is 0.615. The summed E-state index contributed by atoms with van der Waals surface area (Å²) < 4.78 is 4.84. The van der Waals surface area contributed by atoms with E-state index < -0.39 is 0 Å². The molecule has 2 heterocycles. The second-order valence-electron chi connectivity index (χ2n) is 4.29. The third-order valence-electron chi connectivity index (χ3n) is 2.83. The van der Waals surface area contributed by atoms with Gasteiger partial charge in [0.15, 0.2) is 10.6 Å². The van der Waals surface area contributed by atoms with Crippen molar-refractivity contribution in [3.63, 3.8) is 0 Å². The number of imidazole rings is 1. The zero-order valence-electron chi connectivity index (χ0n) is 10.3. The molecular weight excluding hydrogens is 234 g/mol. The molecule has 0 aliphatic carbocycles. The zero-order chi connectivity index (χ0) is 12.4. The number of hydrogen-bond acceptors (Lipinski definition) is 3. The van der Waals surface area contributed by atoms with Crippen LogP contribution in [0.4, 0.5) is 0 Å². The van der Waals surface area contributed by atoms with Gasteiger partial charge >= 0.3 is 0 Å². The average molecular weight is 251 g/mol. The summed E-state index contributed by atoms with van der Waals surface area (Å²) in [6, 6.07) is 0. The van der Waals surface area contributed by atoms with Gasteiger partial charge in [-0.1, -0.05) is 13.8 Å². The lowest BCUT2D eigenvalue weighted by Gasteiger charge is -2.10. The maximum Gasteiger partial charge on any atom is 0.177 e. The van der Waals surface area contributed by atoms with Gasteiger partial charge in [-0.2, -0.15) is 0 Å². The third-order valence-corrected chi connectivity index (χ3v) is 3.17. The minimum absolute atomic E-state index is 0.431. The van der Waals surface area contributed by atoms with Crippen LogP contribution >= 0.6 is 12.2 Å². The van der Waals surface area contributed by atoms with Gasteiger partial charge in [0.2, 0.25) is 0 Å². The van der Waals surface area contributed by atoms with E-state index in [-0.39, 0.29) is 0 Å². The minimum atomic E-state index is 0.431. The third kappa shape index (κ3) is 2.31. The number of aromatic nitrogens is 5. The van der Waals surface area contributed by atoms with Crippen LogP contribution in [0.1, 0.15) is 38.2 Å². The van der Waals surface area contributed by atoms with E-state index in [4.69, 9.17) is 12.2 Å². The highest BCUT2D eigenvalue weighted by molar-refractivity contribution is 7.71. The van der Waals surface area contributed by atoms with E-state index in [1.54, 1.807) is 6.33 Å². The molecule has 0 aliphatic rings. The first-order valence-corrected chi connectivity index (χ1v) is 6.19. The van der Waals surface area contributed by atoms with Gasteiger partial charge in [-0.05, 0) is 25.1 Å². The number of nitrogens with one attached hydrogen (secondary N) is 1. The Labute approximate surface area is 106 Å². The molecule has 0 amide bonds. The van der Waals surface area contributed by atoms with Crippen LogP contribution < -0.4 is 0 Å². The highest BCUT2D eigenvalue weighted by Gasteiger charge is 2.11. The zero-order valence-corrected chi connectivity index (χ0v) is 11.2. The maximum absolute atomic E-state index is 5.29. The molecule has 0 saturated carbocycles. The minimum Gasteiger partial charge on any atom is -0.337 e. The Hall–Kier alpha value is -1.43. The van der Waals surface area contributed by atoms with Crippen molar-refractivity contribution < 1.29 is 0 Å². The van der Waals surface area contributed by atoms with Gasteiger partial charge in [-0.15, -0.1) is 10.2 Å². The van der Waals surface area contributed by atoms with Crippen LogP contribution in [0.15, 0.2) is 12.5 Å². The highest BCUT2D eigenvalue weighted by atomic mass is 32.1. The highest BCUT2D eigenvalue weighted by Crippen LogP contribution is 2.15. The van der Waals surface area contributed by atoms with Gasteiger partial charge in [-0.25, -0.2) is 0 Å². The van der Waals surface area contributed by atoms with Crippen molar-refractivity contribution in [2.45, 2.75) is 39.8 Å². The first-order chi connectivity index (χ1) is 8.13. The first kappa shape index (κ1) is 12.0. The van der Waals surface area contributed by atoms with Crippen LogP contribution in [0.25, 0.3) is 0 Å². The Morgan fingerprint density at radius 1 is 1.47 bits per heavy atom. The van der Waals surface area contributed by atoms with Crippen molar-refractivity contribution in [3.8, 4) is 0 Å². The largest absolute Gasteiger partial charge is 0.337 e. The van der Waals surface area contributed by atoms with Gasteiger partial charge in [0, 0.05) is 18.4 Å². The quantitative estimate of drug-likeness (QED) is 0.848. The topological polar surface area (TPSA) is 51.4 Å². The molecule has 92 valence electrons. The van der Waals surface area contributed by atoms with Crippen molar-refractivity contribution in [1.82, 2.24) is 24.3 Å². The Morgan fingerprint density at radius 3 is 2.88 bits per heavy atom. The number of aryl methyl sites for hydroxylation is 1. The summed E-state index contributed by atoms with van der Waals surface area (Å²) in [7, 11) is 0. The number of aromatic amines is 1. The molecular formula is C11H17N5S. The Morgan fingerprint density at radius 2 is 2.24 bits per heavy atom. The van der Waals surface area contributed by atoms with Crippen LogP contribution in [0, 0.1) is 4.77 Å². The molecule has 2 rings (SSSR count). The summed E-state index contributed by atoms with van der Waals surface area (Å²) in [6.07, 6.45) is 3.72. The SMILES string of the molecule is CCn1cnnc1Cn1c(C(C)C)c[nH]c1=S. The summed E-state index contributed by atoms with van der Waals surface area (Å²) in [5, 5.41) is 8.07. The van der Waals surface area contributed by atoms with Crippen LogP contribution in [0.3, 0.4) is 0 Å². The molecule has 0 spiro atoms. The van der Waals surface area contributed by atoms with Crippen LogP contribution in [-0.4, -0.2) is 24.3 Å². The second kappa shape index (κ2) is 4.83. The monoisotopic (exact) mass is 251 g/mol. The van der Waals surface area contributed by atoms with Crippen LogP contribution in [0.5, 0.6) is 0 Å². The van der Waals surface area contributed by atoms with Gasteiger partial charge in [-0.3, -0.25) is 0 Å². The van der Waals surface area contributed by atoms with Crippen LogP contribution in [0.2, 0.25) is 0 Å². The van der Waals surface area contributed by atoms with Crippen molar-refractivity contribution in [2.75, 3.05) is 0 Å². The van der Waals surface area contributed by atoms with Gasteiger partial charge in [0.05, 0.1) is 6.54 Å². The lowest BCUT2D eigenvalue weighted by Crippen LogP contribution is -2.11. The fraction of sp³-hybridized carbons (Fsp3) is 0.545. The molecule has 0 saturated heterocycles. The fourth-order valence-electron chi connectivity index (χ4n) is 1.86. The molecule has 0 aliphatic heterocycles. The van der Waals surface area contributed by atoms with E-state index in [0.29, 0.717) is 12.5 Å². The summed E-state index contributed by atoms with van der Waals surface area (Å²) in [5.74, 6) is 1.37.